The number of hydrogen-bond acceptors (Lipinski definition) is 3. The molecule has 2 N–H and O–H groups in total. The Morgan fingerprint density at radius 1 is 1.47 bits per heavy atom. The highest BCUT2D eigenvalue weighted by atomic mass is 15.3. The van der Waals surface area contributed by atoms with Crippen molar-refractivity contribution in [3.63, 3.8) is 0 Å². The third-order valence-corrected chi connectivity index (χ3v) is 3.86. The van der Waals surface area contributed by atoms with Gasteiger partial charge in [-0.05, 0) is 25.7 Å². The average molecular weight is 236 g/mol. The molecular formula is C13H24N4. The molecule has 1 aromatic rings. The standard InChI is InChI=1S/C13H24N4/c1-2-17-13(15-10-16-17)9-12(14)8-7-11-5-3-4-6-11/h10-12H,2-9,14H2,1H3. The van der Waals surface area contributed by atoms with Gasteiger partial charge in [0.25, 0.3) is 0 Å². The number of hydrogen-bond donors (Lipinski definition) is 1. The van der Waals surface area contributed by atoms with E-state index in [1.54, 1.807) is 6.33 Å². The molecule has 1 aliphatic carbocycles. The molecule has 0 amide bonds. The fraction of sp³-hybridized carbons (Fsp3) is 0.846. The summed E-state index contributed by atoms with van der Waals surface area (Å²) in [5.41, 5.74) is 6.19. The van der Waals surface area contributed by atoms with Gasteiger partial charge >= 0.3 is 0 Å². The second kappa shape index (κ2) is 6.15. The first-order valence-corrected chi connectivity index (χ1v) is 6.92. The summed E-state index contributed by atoms with van der Waals surface area (Å²) in [4.78, 5) is 4.28. The number of nitrogens with zero attached hydrogens (tertiary/aromatic N) is 3. The van der Waals surface area contributed by atoms with E-state index in [1.807, 2.05) is 4.68 Å². The molecule has 4 nitrogen and oxygen atoms in total. The quantitative estimate of drug-likeness (QED) is 0.823. The maximum atomic E-state index is 6.19. The summed E-state index contributed by atoms with van der Waals surface area (Å²) in [6.45, 7) is 2.97. The monoisotopic (exact) mass is 236 g/mol. The van der Waals surface area contributed by atoms with Crippen molar-refractivity contribution in [2.45, 2.75) is 64.5 Å². The topological polar surface area (TPSA) is 56.7 Å². The van der Waals surface area contributed by atoms with Crippen molar-refractivity contribution in [2.75, 3.05) is 0 Å². The smallest absolute Gasteiger partial charge is 0.138 e. The molecular weight excluding hydrogens is 212 g/mol. The van der Waals surface area contributed by atoms with Gasteiger partial charge in [0.2, 0.25) is 0 Å². The molecule has 96 valence electrons. The zero-order valence-corrected chi connectivity index (χ0v) is 10.8. The number of nitrogens with two attached hydrogens (primary N) is 1. The van der Waals surface area contributed by atoms with E-state index in [2.05, 4.69) is 17.0 Å². The predicted molar refractivity (Wildman–Crippen MR) is 68.6 cm³/mol. The Morgan fingerprint density at radius 2 is 2.24 bits per heavy atom. The number of rotatable bonds is 6. The van der Waals surface area contributed by atoms with Crippen molar-refractivity contribution in [2.24, 2.45) is 11.7 Å². The van der Waals surface area contributed by atoms with E-state index >= 15 is 0 Å². The van der Waals surface area contributed by atoms with Crippen LogP contribution in [0, 0.1) is 5.92 Å². The van der Waals surface area contributed by atoms with Crippen molar-refractivity contribution in [1.82, 2.24) is 14.8 Å². The molecule has 1 unspecified atom stereocenters. The highest BCUT2D eigenvalue weighted by Gasteiger charge is 2.17. The molecule has 1 aromatic heterocycles. The summed E-state index contributed by atoms with van der Waals surface area (Å²) in [5.74, 6) is 1.97. The molecule has 1 atom stereocenters. The summed E-state index contributed by atoms with van der Waals surface area (Å²) in [6.07, 6.45) is 10.6. The van der Waals surface area contributed by atoms with Crippen molar-refractivity contribution in [3.05, 3.63) is 12.2 Å². The highest BCUT2D eigenvalue weighted by Crippen LogP contribution is 2.28. The lowest BCUT2D eigenvalue weighted by Crippen LogP contribution is -2.25. The van der Waals surface area contributed by atoms with Crippen LogP contribution in [0.2, 0.25) is 0 Å². The zero-order chi connectivity index (χ0) is 12.1. The largest absolute Gasteiger partial charge is 0.327 e. The Hall–Kier alpha value is -0.900. The Morgan fingerprint density at radius 3 is 2.94 bits per heavy atom. The summed E-state index contributed by atoms with van der Waals surface area (Å²) in [5, 5.41) is 4.18. The number of aromatic nitrogens is 3. The lowest BCUT2D eigenvalue weighted by atomic mass is 9.97. The van der Waals surface area contributed by atoms with Gasteiger partial charge < -0.3 is 5.73 Å². The van der Waals surface area contributed by atoms with Crippen LogP contribution in [-0.2, 0) is 13.0 Å². The van der Waals surface area contributed by atoms with E-state index < -0.39 is 0 Å². The van der Waals surface area contributed by atoms with Gasteiger partial charge in [0, 0.05) is 19.0 Å². The predicted octanol–water partition coefficient (Wildman–Crippen LogP) is 2.14. The lowest BCUT2D eigenvalue weighted by Gasteiger charge is -2.14. The second-order valence-electron chi connectivity index (χ2n) is 5.18. The van der Waals surface area contributed by atoms with Crippen LogP contribution in [0.1, 0.15) is 51.3 Å². The molecule has 17 heavy (non-hydrogen) atoms. The second-order valence-corrected chi connectivity index (χ2v) is 5.18. The molecule has 0 saturated heterocycles. The van der Waals surface area contributed by atoms with E-state index in [4.69, 9.17) is 5.73 Å². The molecule has 0 spiro atoms. The van der Waals surface area contributed by atoms with Gasteiger partial charge in [-0.25, -0.2) is 4.98 Å². The summed E-state index contributed by atoms with van der Waals surface area (Å²) < 4.78 is 1.94. The molecule has 0 aromatic carbocycles. The molecule has 0 aliphatic heterocycles. The fourth-order valence-electron chi connectivity index (χ4n) is 2.80. The first kappa shape index (κ1) is 12.6. The molecule has 4 heteroatoms. The van der Waals surface area contributed by atoms with Gasteiger partial charge in [-0.15, -0.1) is 0 Å². The van der Waals surface area contributed by atoms with Crippen LogP contribution in [0.3, 0.4) is 0 Å². The van der Waals surface area contributed by atoms with Crippen LogP contribution in [-0.4, -0.2) is 20.8 Å². The maximum absolute atomic E-state index is 6.19. The molecule has 1 aliphatic rings. The molecule has 1 saturated carbocycles. The van der Waals surface area contributed by atoms with Crippen LogP contribution in [0.15, 0.2) is 6.33 Å². The fourth-order valence-corrected chi connectivity index (χ4v) is 2.80. The van der Waals surface area contributed by atoms with Crippen molar-refractivity contribution >= 4 is 0 Å². The Bertz CT molecular complexity index is 328. The molecule has 2 rings (SSSR count). The first-order valence-electron chi connectivity index (χ1n) is 6.92. The first-order chi connectivity index (χ1) is 8.29. The van der Waals surface area contributed by atoms with E-state index in [0.717, 1.165) is 31.1 Å². The van der Waals surface area contributed by atoms with Crippen LogP contribution in [0.25, 0.3) is 0 Å². The van der Waals surface area contributed by atoms with E-state index in [9.17, 15) is 0 Å². The van der Waals surface area contributed by atoms with Gasteiger partial charge in [-0.3, -0.25) is 4.68 Å². The van der Waals surface area contributed by atoms with Crippen LogP contribution in [0.4, 0.5) is 0 Å². The third kappa shape index (κ3) is 3.53. The third-order valence-electron chi connectivity index (χ3n) is 3.86. The molecule has 1 fully saturated rings. The number of aryl methyl sites for hydroxylation is 1. The van der Waals surface area contributed by atoms with Crippen LogP contribution in [0.5, 0.6) is 0 Å². The van der Waals surface area contributed by atoms with Gasteiger partial charge in [0.05, 0.1) is 0 Å². The van der Waals surface area contributed by atoms with Gasteiger partial charge in [-0.2, -0.15) is 5.10 Å². The Balaban J connectivity index is 1.74. The lowest BCUT2D eigenvalue weighted by molar-refractivity contribution is 0.439. The van der Waals surface area contributed by atoms with Crippen LogP contribution >= 0.6 is 0 Å². The molecule has 1 heterocycles. The normalized spacial score (nSPS) is 18.7. The molecule has 0 bridgehead atoms. The van der Waals surface area contributed by atoms with Crippen molar-refractivity contribution < 1.29 is 0 Å². The minimum atomic E-state index is 0.241. The van der Waals surface area contributed by atoms with Crippen molar-refractivity contribution in [1.29, 1.82) is 0 Å². The Kier molecular flexibility index (Phi) is 4.54. The highest BCUT2D eigenvalue weighted by molar-refractivity contribution is 4.89. The average Bonchev–Trinajstić information content (AvgIpc) is 2.97. The van der Waals surface area contributed by atoms with Crippen LogP contribution < -0.4 is 5.73 Å². The van der Waals surface area contributed by atoms with Crippen molar-refractivity contribution in [3.8, 4) is 0 Å². The minimum absolute atomic E-state index is 0.241. The van der Waals surface area contributed by atoms with Gasteiger partial charge in [0.1, 0.15) is 12.2 Å². The minimum Gasteiger partial charge on any atom is -0.327 e. The van der Waals surface area contributed by atoms with E-state index in [-0.39, 0.29) is 6.04 Å². The summed E-state index contributed by atoms with van der Waals surface area (Å²) in [7, 11) is 0. The molecule has 0 radical (unpaired) electrons. The maximum Gasteiger partial charge on any atom is 0.138 e. The van der Waals surface area contributed by atoms with E-state index in [1.165, 1.54) is 32.1 Å². The summed E-state index contributed by atoms with van der Waals surface area (Å²) >= 11 is 0. The SMILES string of the molecule is CCn1ncnc1CC(N)CCC1CCCC1. The zero-order valence-electron chi connectivity index (χ0n) is 10.8. The van der Waals surface area contributed by atoms with E-state index in [0.29, 0.717) is 0 Å². The summed E-state index contributed by atoms with van der Waals surface area (Å²) in [6, 6.07) is 0.241. The van der Waals surface area contributed by atoms with Gasteiger partial charge in [0.15, 0.2) is 0 Å². The van der Waals surface area contributed by atoms with Gasteiger partial charge in [-0.1, -0.05) is 25.7 Å². The Labute approximate surface area is 104 Å².